The highest BCUT2D eigenvalue weighted by molar-refractivity contribution is 5.97. The van der Waals surface area contributed by atoms with Crippen LogP contribution in [0.2, 0.25) is 0 Å². The van der Waals surface area contributed by atoms with Crippen LogP contribution >= 0.6 is 0 Å². The lowest BCUT2D eigenvalue weighted by Gasteiger charge is -2.20. The van der Waals surface area contributed by atoms with E-state index < -0.39 is 12.5 Å². The lowest BCUT2D eigenvalue weighted by molar-refractivity contribution is -0.120. The molecule has 0 spiro atoms. The number of hydrogen-bond acceptors (Lipinski definition) is 4. The van der Waals surface area contributed by atoms with Crippen LogP contribution in [-0.2, 0) is 4.79 Å². The molecule has 2 amide bonds. The number of alkyl halides is 2. The summed E-state index contributed by atoms with van der Waals surface area (Å²) >= 11 is 0. The fourth-order valence-electron chi connectivity index (χ4n) is 3.13. The zero-order valence-corrected chi connectivity index (χ0v) is 17.3. The summed E-state index contributed by atoms with van der Waals surface area (Å²) in [6.45, 7) is -3.29. The second-order valence-corrected chi connectivity index (χ2v) is 6.75. The first-order valence-electron chi connectivity index (χ1n) is 9.78. The molecule has 8 heteroatoms. The highest BCUT2D eigenvalue weighted by atomic mass is 19.3. The fourth-order valence-corrected chi connectivity index (χ4v) is 3.13. The number of amides is 2. The first-order chi connectivity index (χ1) is 15.5. The monoisotopic (exact) mass is 440 g/mol. The van der Waals surface area contributed by atoms with Crippen molar-refractivity contribution in [2.24, 2.45) is 0 Å². The van der Waals surface area contributed by atoms with Gasteiger partial charge in [-0.2, -0.15) is 8.78 Å². The lowest BCUT2D eigenvalue weighted by Crippen LogP contribution is -2.39. The van der Waals surface area contributed by atoms with Crippen LogP contribution in [0.3, 0.4) is 0 Å². The minimum Gasteiger partial charge on any atom is -0.493 e. The van der Waals surface area contributed by atoms with E-state index >= 15 is 0 Å². The van der Waals surface area contributed by atoms with Crippen LogP contribution in [0.15, 0.2) is 78.9 Å². The summed E-state index contributed by atoms with van der Waals surface area (Å²) in [6.07, 6.45) is 0. The predicted octanol–water partition coefficient (Wildman–Crippen LogP) is 3.93. The molecule has 0 aliphatic rings. The number of nitrogens with one attached hydrogen (secondary N) is 2. The summed E-state index contributed by atoms with van der Waals surface area (Å²) in [5.74, 6) is -1.15. The van der Waals surface area contributed by atoms with Gasteiger partial charge in [-0.3, -0.25) is 9.59 Å². The molecule has 0 aromatic heterocycles. The molecule has 0 aliphatic carbocycles. The highest BCUT2D eigenvalue weighted by Gasteiger charge is 2.18. The Bertz CT molecular complexity index is 1010. The Hall–Kier alpha value is -3.94. The molecule has 0 radical (unpaired) electrons. The van der Waals surface area contributed by atoms with Crippen LogP contribution in [0.25, 0.3) is 0 Å². The predicted molar refractivity (Wildman–Crippen MR) is 115 cm³/mol. The molecule has 6 nitrogen and oxygen atoms in total. The molecule has 0 atom stereocenters. The third-order valence-corrected chi connectivity index (χ3v) is 4.62. The molecule has 0 saturated heterocycles. The summed E-state index contributed by atoms with van der Waals surface area (Å²) in [5, 5.41) is 5.45. The molecule has 3 aromatic rings. The second kappa shape index (κ2) is 10.9. The third kappa shape index (κ3) is 6.04. The number of methoxy groups -OCH3 is 1. The molecule has 166 valence electrons. The van der Waals surface area contributed by atoms with E-state index in [0.717, 1.165) is 11.1 Å². The topological polar surface area (TPSA) is 76.7 Å². The van der Waals surface area contributed by atoms with Gasteiger partial charge >= 0.3 is 6.61 Å². The average Bonchev–Trinajstić information content (AvgIpc) is 2.82. The standard InChI is InChI=1S/C24H22F2N2O4/c1-31-20-14-18(12-13-19(20)32-24(25)26)23(30)27-15-21(29)28-22(16-8-4-2-5-9-16)17-10-6-3-7-11-17/h2-14,22,24H,15H2,1H3,(H,27,30)(H,28,29). The molecule has 0 heterocycles. The largest absolute Gasteiger partial charge is 0.493 e. The summed E-state index contributed by atoms with van der Waals surface area (Å²) < 4.78 is 34.2. The number of hydrogen-bond donors (Lipinski definition) is 2. The molecule has 3 rings (SSSR count). The highest BCUT2D eigenvalue weighted by Crippen LogP contribution is 2.29. The minimum absolute atomic E-state index is 0.0179. The van der Waals surface area contributed by atoms with Gasteiger partial charge in [0, 0.05) is 5.56 Å². The number of halogens is 2. The van der Waals surface area contributed by atoms with Gasteiger partial charge in [0.05, 0.1) is 19.7 Å². The summed E-state index contributed by atoms with van der Waals surface area (Å²) in [5.41, 5.74) is 1.94. The van der Waals surface area contributed by atoms with Crippen LogP contribution in [0.5, 0.6) is 11.5 Å². The van der Waals surface area contributed by atoms with E-state index in [1.807, 2.05) is 60.7 Å². The van der Waals surface area contributed by atoms with Crippen molar-refractivity contribution in [3.63, 3.8) is 0 Å². The van der Waals surface area contributed by atoms with Crippen molar-refractivity contribution >= 4 is 11.8 Å². The van der Waals surface area contributed by atoms with Crippen molar-refractivity contribution in [3.8, 4) is 11.5 Å². The van der Waals surface area contributed by atoms with Gasteiger partial charge in [-0.15, -0.1) is 0 Å². The van der Waals surface area contributed by atoms with Gasteiger partial charge in [0.1, 0.15) is 0 Å². The van der Waals surface area contributed by atoms with Gasteiger partial charge < -0.3 is 20.1 Å². The van der Waals surface area contributed by atoms with Crippen LogP contribution in [0, 0.1) is 0 Å². The second-order valence-electron chi connectivity index (χ2n) is 6.75. The van der Waals surface area contributed by atoms with Gasteiger partial charge in [0.2, 0.25) is 5.91 Å². The lowest BCUT2D eigenvalue weighted by atomic mass is 9.99. The Morgan fingerprint density at radius 3 is 2.00 bits per heavy atom. The zero-order chi connectivity index (χ0) is 22.9. The van der Waals surface area contributed by atoms with Crippen LogP contribution in [0.4, 0.5) is 8.78 Å². The Labute approximate surface area is 184 Å². The SMILES string of the molecule is COc1cc(C(=O)NCC(=O)NC(c2ccccc2)c2ccccc2)ccc1OC(F)F. The molecule has 0 aliphatic heterocycles. The third-order valence-electron chi connectivity index (χ3n) is 4.62. The van der Waals surface area contributed by atoms with Crippen molar-refractivity contribution in [1.29, 1.82) is 0 Å². The summed E-state index contributed by atoms with van der Waals surface area (Å²) in [4.78, 5) is 25.0. The Balaban J connectivity index is 1.66. The number of carbonyl (C=O) groups excluding carboxylic acids is 2. The van der Waals surface area contributed by atoms with Crippen LogP contribution in [0.1, 0.15) is 27.5 Å². The maximum Gasteiger partial charge on any atom is 0.387 e. The first-order valence-corrected chi connectivity index (χ1v) is 9.78. The molecule has 3 aromatic carbocycles. The number of benzene rings is 3. The van der Waals surface area contributed by atoms with E-state index in [0.29, 0.717) is 0 Å². The van der Waals surface area contributed by atoms with Gasteiger partial charge in [-0.1, -0.05) is 60.7 Å². The van der Waals surface area contributed by atoms with Crippen molar-refractivity contribution in [1.82, 2.24) is 10.6 Å². The van der Waals surface area contributed by atoms with Crippen LogP contribution < -0.4 is 20.1 Å². The number of carbonyl (C=O) groups is 2. The van der Waals surface area contributed by atoms with Crippen molar-refractivity contribution in [3.05, 3.63) is 95.6 Å². The van der Waals surface area contributed by atoms with E-state index in [9.17, 15) is 18.4 Å². The van der Waals surface area contributed by atoms with E-state index in [2.05, 4.69) is 15.4 Å². The van der Waals surface area contributed by atoms with Crippen LogP contribution in [-0.4, -0.2) is 32.1 Å². The average molecular weight is 440 g/mol. The van der Waals surface area contributed by atoms with Crippen molar-refractivity contribution in [2.45, 2.75) is 12.7 Å². The Kier molecular flexibility index (Phi) is 7.75. The molecule has 0 bridgehead atoms. The van der Waals surface area contributed by atoms with E-state index in [1.54, 1.807) is 0 Å². The van der Waals surface area contributed by atoms with E-state index in [1.165, 1.54) is 25.3 Å². The Morgan fingerprint density at radius 1 is 0.875 bits per heavy atom. The first kappa shape index (κ1) is 22.7. The fraction of sp³-hybridized carbons (Fsp3) is 0.167. The quantitative estimate of drug-likeness (QED) is 0.529. The van der Waals surface area contributed by atoms with Crippen molar-refractivity contribution < 1.29 is 27.8 Å². The molecule has 32 heavy (non-hydrogen) atoms. The molecular formula is C24H22F2N2O4. The number of ether oxygens (including phenoxy) is 2. The summed E-state index contributed by atoms with van der Waals surface area (Å²) in [6, 6.07) is 22.3. The normalized spacial score (nSPS) is 10.7. The molecule has 2 N–H and O–H groups in total. The molecule has 0 fully saturated rings. The maximum atomic E-state index is 12.6. The van der Waals surface area contributed by atoms with Gasteiger partial charge in [0.15, 0.2) is 11.5 Å². The smallest absolute Gasteiger partial charge is 0.387 e. The van der Waals surface area contributed by atoms with Gasteiger partial charge in [0.25, 0.3) is 5.91 Å². The Morgan fingerprint density at radius 2 is 1.47 bits per heavy atom. The van der Waals surface area contributed by atoms with E-state index in [4.69, 9.17) is 4.74 Å². The molecule has 0 unspecified atom stereocenters. The zero-order valence-electron chi connectivity index (χ0n) is 17.3. The van der Waals surface area contributed by atoms with E-state index in [-0.39, 0.29) is 35.6 Å². The molecular weight excluding hydrogens is 418 g/mol. The molecule has 0 saturated carbocycles. The van der Waals surface area contributed by atoms with Gasteiger partial charge in [-0.25, -0.2) is 0 Å². The van der Waals surface area contributed by atoms with Crippen molar-refractivity contribution in [2.75, 3.05) is 13.7 Å². The maximum absolute atomic E-state index is 12.6. The summed E-state index contributed by atoms with van der Waals surface area (Å²) in [7, 11) is 1.27. The minimum atomic E-state index is -3.02. The van der Waals surface area contributed by atoms with Gasteiger partial charge in [-0.05, 0) is 29.3 Å². The number of rotatable bonds is 9.